The number of hydrogen-bond acceptors (Lipinski definition) is 6. The molecule has 1 fully saturated rings. The van der Waals surface area contributed by atoms with E-state index >= 15 is 0 Å². The number of nitrogens with one attached hydrogen (secondary N) is 1. The molecule has 7 heteroatoms. The molecule has 0 spiro atoms. The second-order valence-corrected chi connectivity index (χ2v) is 8.58. The van der Waals surface area contributed by atoms with Crippen molar-refractivity contribution in [2.75, 3.05) is 0 Å². The van der Waals surface area contributed by atoms with Crippen LogP contribution in [0.2, 0.25) is 0 Å². The zero-order valence-corrected chi connectivity index (χ0v) is 18.9. The summed E-state index contributed by atoms with van der Waals surface area (Å²) in [5.74, 6) is 0.511. The number of rotatable bonds is 8. The molecule has 1 amide bonds. The minimum absolute atomic E-state index is 0.145. The first-order valence-corrected chi connectivity index (χ1v) is 11.6. The summed E-state index contributed by atoms with van der Waals surface area (Å²) in [7, 11) is 0. The topological polar surface area (TPSA) is 83.9 Å². The second-order valence-electron chi connectivity index (χ2n) is 8.58. The molecule has 1 aliphatic rings. The van der Waals surface area contributed by atoms with Gasteiger partial charge in [-0.2, -0.15) is 10.4 Å². The van der Waals surface area contributed by atoms with Crippen LogP contribution in [0.5, 0.6) is 5.75 Å². The van der Waals surface area contributed by atoms with E-state index in [4.69, 9.17) is 9.68 Å². The third-order valence-electron chi connectivity index (χ3n) is 6.19. The number of hydrogen-bond donors (Lipinski definition) is 2. The Morgan fingerprint density at radius 1 is 1.06 bits per heavy atom. The summed E-state index contributed by atoms with van der Waals surface area (Å²) in [5.41, 5.74) is 5.76. The summed E-state index contributed by atoms with van der Waals surface area (Å²) in [6.07, 6.45) is 6.94. The summed E-state index contributed by atoms with van der Waals surface area (Å²) >= 11 is 0. The Morgan fingerprint density at radius 3 is 2.52 bits per heavy atom. The van der Waals surface area contributed by atoms with Crippen LogP contribution >= 0.6 is 0 Å². The summed E-state index contributed by atoms with van der Waals surface area (Å²) in [4.78, 5) is 21.1. The molecule has 174 valence electrons. The van der Waals surface area contributed by atoms with E-state index in [0.29, 0.717) is 12.5 Å². The summed E-state index contributed by atoms with van der Waals surface area (Å²) < 4.78 is 5.96. The highest BCUT2D eigenvalue weighted by atomic mass is 17.0. The molecule has 0 aliphatic heterocycles. The highest BCUT2D eigenvalue weighted by molar-refractivity contribution is 5.78. The van der Waals surface area contributed by atoms with Gasteiger partial charge in [0.15, 0.2) is 0 Å². The van der Waals surface area contributed by atoms with Crippen molar-refractivity contribution in [2.24, 2.45) is 5.92 Å². The number of hydroxylamine groups is 3. The highest BCUT2D eigenvalue weighted by Gasteiger charge is 2.26. The largest absolute Gasteiger partial charge is 0.487 e. The van der Waals surface area contributed by atoms with Gasteiger partial charge < -0.3 is 4.74 Å². The molecule has 1 saturated carbocycles. The normalized spacial score (nSPS) is 15.7. The molecule has 1 atom stereocenters. The number of ether oxygens (including phenoxy) is 1. The van der Waals surface area contributed by atoms with Gasteiger partial charge in [-0.05, 0) is 48.6 Å². The summed E-state index contributed by atoms with van der Waals surface area (Å²) in [5, 5.41) is 11.0. The predicted octanol–water partition coefficient (Wildman–Crippen LogP) is 5.50. The number of benzene rings is 2. The van der Waals surface area contributed by atoms with E-state index in [0.717, 1.165) is 40.8 Å². The van der Waals surface area contributed by atoms with Gasteiger partial charge in [-0.1, -0.05) is 67.3 Å². The number of para-hydroxylation sites is 1. The molecule has 1 aromatic heterocycles. The van der Waals surface area contributed by atoms with E-state index < -0.39 is 5.91 Å². The summed E-state index contributed by atoms with van der Waals surface area (Å²) in [6, 6.07) is 19.8. The van der Waals surface area contributed by atoms with Gasteiger partial charge in [0.2, 0.25) is 0 Å². The molecule has 3 aromatic rings. The van der Waals surface area contributed by atoms with Crippen molar-refractivity contribution < 1.29 is 19.7 Å². The van der Waals surface area contributed by atoms with Crippen LogP contribution in [0, 0.1) is 5.92 Å². The van der Waals surface area contributed by atoms with Gasteiger partial charge in [-0.3, -0.25) is 10.0 Å². The van der Waals surface area contributed by atoms with Gasteiger partial charge in [0.05, 0.1) is 17.3 Å². The van der Waals surface area contributed by atoms with Gasteiger partial charge >= 0.3 is 0 Å². The monoisotopic (exact) mass is 449 g/mol. The van der Waals surface area contributed by atoms with Gasteiger partial charge in [-0.25, -0.2) is 4.98 Å². The van der Waals surface area contributed by atoms with Crippen molar-refractivity contribution in [3.05, 3.63) is 71.9 Å². The first kappa shape index (κ1) is 23.2. The molecule has 0 radical (unpaired) electrons. The molecule has 2 N–H and O–H groups in total. The fraction of sp³-hybridized carbons (Fsp3) is 0.385. The quantitative estimate of drug-likeness (QED) is 0.268. The SMILES string of the molecule is CC(=O)N(O)ONC(c1ccc(OCc2ccc3ccccc3n2)cc1)C1CCCCCC1. The van der Waals surface area contributed by atoms with E-state index in [2.05, 4.69) is 16.5 Å². The lowest BCUT2D eigenvalue weighted by atomic mass is 9.88. The van der Waals surface area contributed by atoms with Crippen LogP contribution in [-0.2, 0) is 16.3 Å². The number of pyridine rings is 1. The van der Waals surface area contributed by atoms with Crippen LogP contribution in [0.1, 0.15) is 62.7 Å². The minimum Gasteiger partial charge on any atom is -0.487 e. The zero-order valence-electron chi connectivity index (χ0n) is 18.9. The molecule has 0 saturated heterocycles. The van der Waals surface area contributed by atoms with Gasteiger partial charge in [0.25, 0.3) is 5.91 Å². The van der Waals surface area contributed by atoms with E-state index in [1.807, 2.05) is 54.6 Å². The maximum Gasteiger partial charge on any atom is 0.272 e. The number of amides is 1. The number of fused-ring (bicyclic) bond motifs is 1. The van der Waals surface area contributed by atoms with Crippen molar-refractivity contribution in [1.29, 1.82) is 0 Å². The van der Waals surface area contributed by atoms with Crippen molar-refractivity contribution in [3.63, 3.8) is 0 Å². The molecule has 4 rings (SSSR count). The fourth-order valence-electron chi connectivity index (χ4n) is 4.37. The Kier molecular flexibility index (Phi) is 7.88. The predicted molar refractivity (Wildman–Crippen MR) is 125 cm³/mol. The third-order valence-corrected chi connectivity index (χ3v) is 6.19. The molecule has 1 aliphatic carbocycles. The Balaban J connectivity index is 1.43. The minimum atomic E-state index is -0.590. The molecule has 0 bridgehead atoms. The second kappa shape index (κ2) is 11.2. The smallest absolute Gasteiger partial charge is 0.272 e. The van der Waals surface area contributed by atoms with Crippen LogP contribution in [0.25, 0.3) is 10.9 Å². The Bertz CT molecular complexity index is 1050. The number of carbonyl (C=O) groups excluding carboxylic acids is 1. The number of nitrogens with zero attached hydrogens (tertiary/aromatic N) is 2. The van der Waals surface area contributed by atoms with Crippen LogP contribution in [0.15, 0.2) is 60.7 Å². The number of aromatic nitrogens is 1. The van der Waals surface area contributed by atoms with Crippen LogP contribution < -0.4 is 10.2 Å². The lowest BCUT2D eigenvalue weighted by molar-refractivity contribution is -0.348. The van der Waals surface area contributed by atoms with E-state index in [-0.39, 0.29) is 11.3 Å². The fourth-order valence-corrected chi connectivity index (χ4v) is 4.37. The standard InChI is InChI=1S/C26H31N3O4/c1-19(30)29(31)33-28-26(21-9-4-2-3-5-10-21)22-13-16-24(17-14-22)32-18-23-15-12-20-8-6-7-11-25(20)27-23/h6-8,11-17,21,26,28,31H,2-5,9-10,18H2,1H3. The van der Waals surface area contributed by atoms with Gasteiger partial charge in [0.1, 0.15) is 12.4 Å². The van der Waals surface area contributed by atoms with Crippen LogP contribution in [-0.4, -0.2) is 21.3 Å². The van der Waals surface area contributed by atoms with E-state index in [1.165, 1.54) is 32.6 Å². The van der Waals surface area contributed by atoms with Crippen molar-refractivity contribution in [2.45, 2.75) is 58.1 Å². The Hall–Kier alpha value is -3.00. The lowest BCUT2D eigenvalue weighted by Gasteiger charge is -2.28. The Labute approximate surface area is 194 Å². The van der Waals surface area contributed by atoms with Crippen LogP contribution in [0.3, 0.4) is 0 Å². The maximum atomic E-state index is 11.3. The molecule has 33 heavy (non-hydrogen) atoms. The lowest BCUT2D eigenvalue weighted by Crippen LogP contribution is -2.37. The van der Waals surface area contributed by atoms with E-state index in [9.17, 15) is 10.0 Å². The Morgan fingerprint density at radius 2 is 1.79 bits per heavy atom. The van der Waals surface area contributed by atoms with Crippen molar-refractivity contribution >= 4 is 16.8 Å². The van der Waals surface area contributed by atoms with E-state index in [1.54, 1.807) is 0 Å². The first-order chi connectivity index (χ1) is 16.1. The number of carbonyl (C=O) groups is 1. The summed E-state index contributed by atoms with van der Waals surface area (Å²) in [6.45, 7) is 1.62. The highest BCUT2D eigenvalue weighted by Crippen LogP contribution is 2.34. The van der Waals surface area contributed by atoms with Gasteiger partial charge in [-0.15, -0.1) is 0 Å². The molecule has 1 unspecified atom stereocenters. The third kappa shape index (κ3) is 6.28. The first-order valence-electron chi connectivity index (χ1n) is 11.6. The van der Waals surface area contributed by atoms with Crippen molar-refractivity contribution in [1.82, 2.24) is 15.7 Å². The van der Waals surface area contributed by atoms with Crippen molar-refractivity contribution in [3.8, 4) is 5.75 Å². The van der Waals surface area contributed by atoms with Gasteiger partial charge in [0, 0.05) is 12.3 Å². The average molecular weight is 450 g/mol. The van der Waals surface area contributed by atoms with Crippen LogP contribution in [0.4, 0.5) is 0 Å². The molecular formula is C26H31N3O4. The molecule has 1 heterocycles. The average Bonchev–Trinajstić information content (AvgIpc) is 3.13. The molecular weight excluding hydrogens is 418 g/mol. The maximum absolute atomic E-state index is 11.3. The molecule has 7 nitrogen and oxygen atoms in total. The molecule has 2 aromatic carbocycles. The zero-order chi connectivity index (χ0) is 23.0.